The van der Waals surface area contributed by atoms with Crippen LogP contribution in [0.15, 0.2) is 30.3 Å². The van der Waals surface area contributed by atoms with Gasteiger partial charge in [-0.05, 0) is 45.1 Å². The van der Waals surface area contributed by atoms with Gasteiger partial charge in [0.05, 0.1) is 6.61 Å². The number of rotatable bonds is 12. The Hall–Kier alpha value is -2.61. The first kappa shape index (κ1) is 27.4. The van der Waals surface area contributed by atoms with Gasteiger partial charge < -0.3 is 24.8 Å². The van der Waals surface area contributed by atoms with Crippen molar-refractivity contribution in [3.8, 4) is 0 Å². The molecule has 0 aliphatic heterocycles. The van der Waals surface area contributed by atoms with E-state index >= 15 is 0 Å². The van der Waals surface area contributed by atoms with Gasteiger partial charge in [-0.1, -0.05) is 50.6 Å². The lowest BCUT2D eigenvalue weighted by atomic mass is 9.97. The molecule has 0 heterocycles. The Morgan fingerprint density at radius 2 is 1.78 bits per heavy atom. The fourth-order valence-corrected chi connectivity index (χ4v) is 3.12. The summed E-state index contributed by atoms with van der Waals surface area (Å²) in [5.41, 5.74) is 0.335. The molecule has 0 saturated heterocycles. The number of carboxylic acids is 1. The molecule has 1 aromatic rings. The summed E-state index contributed by atoms with van der Waals surface area (Å²) in [7, 11) is 1.46. The van der Waals surface area contributed by atoms with Crippen molar-refractivity contribution in [2.45, 2.75) is 78.2 Å². The Balaban J connectivity index is 2.70. The molecule has 8 heteroatoms. The first-order valence-electron chi connectivity index (χ1n) is 11.1. The van der Waals surface area contributed by atoms with Crippen molar-refractivity contribution in [1.29, 1.82) is 0 Å². The van der Waals surface area contributed by atoms with Crippen molar-refractivity contribution >= 4 is 18.0 Å². The Bertz CT molecular complexity index is 732. The molecule has 2 N–H and O–H groups in total. The van der Waals surface area contributed by atoms with Crippen LogP contribution in [0.5, 0.6) is 0 Å². The summed E-state index contributed by atoms with van der Waals surface area (Å²) in [6.07, 6.45) is 0.650. The van der Waals surface area contributed by atoms with Crippen molar-refractivity contribution < 1.29 is 29.0 Å². The topological polar surface area (TPSA) is 105 Å². The van der Waals surface area contributed by atoms with Gasteiger partial charge in [0.15, 0.2) is 0 Å². The SMILES string of the molecule is CC[C@@H](C)[C@H](NC(=O)OC(C)(C)C)C(=O)N(C)[C@@H](CCCOCc1ccccc1)C(=O)O. The van der Waals surface area contributed by atoms with E-state index in [0.29, 0.717) is 26.1 Å². The number of ether oxygens (including phenoxy) is 2. The van der Waals surface area contributed by atoms with Gasteiger partial charge in [-0.2, -0.15) is 0 Å². The standard InChI is InChI=1S/C24H38N2O6/c1-7-17(2)20(25-23(30)32-24(3,4)5)21(27)26(6)19(22(28)29)14-11-15-31-16-18-12-9-8-10-13-18/h8-10,12-13,17,19-20H,7,11,14-16H2,1-6H3,(H,25,30)(H,28,29)/t17-,19+,20+/m1/s1. The third kappa shape index (κ3) is 9.68. The number of likely N-dealkylation sites (N-methyl/N-ethyl adjacent to an activating group) is 1. The molecule has 0 spiro atoms. The summed E-state index contributed by atoms with van der Waals surface area (Å²) < 4.78 is 10.9. The largest absolute Gasteiger partial charge is 0.480 e. The number of carbonyl (C=O) groups excluding carboxylic acids is 2. The Labute approximate surface area is 191 Å². The van der Waals surface area contributed by atoms with Crippen molar-refractivity contribution in [2.75, 3.05) is 13.7 Å². The molecule has 0 bridgehead atoms. The van der Waals surface area contributed by atoms with Crippen LogP contribution in [0.2, 0.25) is 0 Å². The van der Waals surface area contributed by atoms with Crippen molar-refractivity contribution in [3.63, 3.8) is 0 Å². The minimum atomic E-state index is -1.09. The third-order valence-corrected chi connectivity index (χ3v) is 5.13. The minimum absolute atomic E-state index is 0.193. The van der Waals surface area contributed by atoms with E-state index in [1.54, 1.807) is 20.8 Å². The molecule has 32 heavy (non-hydrogen) atoms. The number of carbonyl (C=O) groups is 3. The first-order chi connectivity index (χ1) is 15.0. The molecular formula is C24H38N2O6. The molecule has 0 aromatic heterocycles. The zero-order chi connectivity index (χ0) is 24.3. The molecular weight excluding hydrogens is 412 g/mol. The van der Waals surface area contributed by atoms with E-state index in [9.17, 15) is 19.5 Å². The monoisotopic (exact) mass is 450 g/mol. The number of nitrogens with zero attached hydrogens (tertiary/aromatic N) is 1. The van der Waals surface area contributed by atoms with Crippen LogP contribution < -0.4 is 5.32 Å². The van der Waals surface area contributed by atoms with Gasteiger partial charge in [-0.15, -0.1) is 0 Å². The van der Waals surface area contributed by atoms with Crippen molar-refractivity contribution in [2.24, 2.45) is 5.92 Å². The van der Waals surface area contributed by atoms with Crippen LogP contribution in [-0.4, -0.2) is 59.3 Å². The number of amides is 2. The number of hydrogen-bond acceptors (Lipinski definition) is 5. The lowest BCUT2D eigenvalue weighted by molar-refractivity contribution is -0.150. The average molecular weight is 451 g/mol. The number of carboxylic acid groups (broad SMARTS) is 1. The third-order valence-electron chi connectivity index (χ3n) is 5.13. The second-order valence-corrected chi connectivity index (χ2v) is 8.99. The summed E-state index contributed by atoms with van der Waals surface area (Å²) in [6, 6.07) is 7.81. The molecule has 0 radical (unpaired) electrons. The highest BCUT2D eigenvalue weighted by atomic mass is 16.6. The van der Waals surface area contributed by atoms with Gasteiger partial charge in [-0.25, -0.2) is 9.59 Å². The Morgan fingerprint density at radius 1 is 1.16 bits per heavy atom. The molecule has 2 amide bonds. The van der Waals surface area contributed by atoms with Crippen LogP contribution in [-0.2, 0) is 25.7 Å². The molecule has 0 aliphatic carbocycles. The maximum Gasteiger partial charge on any atom is 0.408 e. The van der Waals surface area contributed by atoms with Crippen LogP contribution in [0.4, 0.5) is 4.79 Å². The number of alkyl carbamates (subject to hydrolysis) is 1. The molecule has 1 aromatic carbocycles. The minimum Gasteiger partial charge on any atom is -0.480 e. The highest BCUT2D eigenvalue weighted by molar-refractivity contribution is 5.89. The number of aliphatic carboxylic acids is 1. The van der Waals surface area contributed by atoms with Crippen LogP contribution in [0.1, 0.15) is 59.4 Å². The molecule has 0 unspecified atom stereocenters. The molecule has 180 valence electrons. The van der Waals surface area contributed by atoms with E-state index in [2.05, 4.69) is 5.32 Å². The fraction of sp³-hybridized carbons (Fsp3) is 0.625. The molecule has 0 fully saturated rings. The smallest absolute Gasteiger partial charge is 0.408 e. The van der Waals surface area contributed by atoms with Crippen LogP contribution in [0.3, 0.4) is 0 Å². The van der Waals surface area contributed by atoms with Crippen LogP contribution in [0.25, 0.3) is 0 Å². The zero-order valence-corrected chi connectivity index (χ0v) is 20.1. The molecule has 8 nitrogen and oxygen atoms in total. The van der Waals surface area contributed by atoms with Gasteiger partial charge in [-0.3, -0.25) is 4.79 Å². The maximum atomic E-state index is 13.1. The highest BCUT2D eigenvalue weighted by Crippen LogP contribution is 2.16. The van der Waals surface area contributed by atoms with E-state index < -0.39 is 35.7 Å². The van der Waals surface area contributed by atoms with E-state index in [4.69, 9.17) is 9.47 Å². The van der Waals surface area contributed by atoms with Gasteiger partial charge in [0, 0.05) is 13.7 Å². The van der Waals surface area contributed by atoms with E-state index in [0.717, 1.165) is 5.56 Å². The van der Waals surface area contributed by atoms with E-state index in [1.165, 1.54) is 11.9 Å². The maximum absolute atomic E-state index is 13.1. The number of hydrogen-bond donors (Lipinski definition) is 2. The predicted molar refractivity (Wildman–Crippen MR) is 122 cm³/mol. The fourth-order valence-electron chi connectivity index (χ4n) is 3.12. The Morgan fingerprint density at radius 3 is 2.31 bits per heavy atom. The summed E-state index contributed by atoms with van der Waals surface area (Å²) in [5, 5.41) is 12.3. The molecule has 3 atom stereocenters. The van der Waals surface area contributed by atoms with Gasteiger partial charge in [0.1, 0.15) is 17.7 Å². The first-order valence-corrected chi connectivity index (χ1v) is 11.1. The second kappa shape index (κ2) is 13.1. The summed E-state index contributed by atoms with van der Waals surface area (Å²) >= 11 is 0. The van der Waals surface area contributed by atoms with Crippen LogP contribution in [0, 0.1) is 5.92 Å². The van der Waals surface area contributed by atoms with Crippen LogP contribution >= 0.6 is 0 Å². The number of benzene rings is 1. The molecule has 0 saturated carbocycles. The summed E-state index contributed by atoms with van der Waals surface area (Å²) in [6.45, 7) is 9.77. The van der Waals surface area contributed by atoms with E-state index in [1.807, 2.05) is 44.2 Å². The lowest BCUT2D eigenvalue weighted by Gasteiger charge is -2.32. The highest BCUT2D eigenvalue weighted by Gasteiger charge is 2.35. The predicted octanol–water partition coefficient (Wildman–Crippen LogP) is 3.83. The normalized spacial score (nSPS) is 14.2. The number of nitrogens with one attached hydrogen (secondary N) is 1. The van der Waals surface area contributed by atoms with Gasteiger partial charge in [0.25, 0.3) is 0 Å². The van der Waals surface area contributed by atoms with Gasteiger partial charge >= 0.3 is 12.1 Å². The summed E-state index contributed by atoms with van der Waals surface area (Å²) in [4.78, 5) is 38.4. The summed E-state index contributed by atoms with van der Waals surface area (Å²) in [5.74, 6) is -1.74. The molecule has 1 rings (SSSR count). The quantitative estimate of drug-likeness (QED) is 0.469. The van der Waals surface area contributed by atoms with Crippen molar-refractivity contribution in [3.05, 3.63) is 35.9 Å². The van der Waals surface area contributed by atoms with E-state index in [-0.39, 0.29) is 12.3 Å². The molecule has 0 aliphatic rings. The lowest BCUT2D eigenvalue weighted by Crippen LogP contribution is -2.55. The zero-order valence-electron chi connectivity index (χ0n) is 20.1. The average Bonchev–Trinajstić information content (AvgIpc) is 2.72. The Kier molecular flexibility index (Phi) is 11.2. The van der Waals surface area contributed by atoms with Crippen molar-refractivity contribution in [1.82, 2.24) is 10.2 Å². The second-order valence-electron chi connectivity index (χ2n) is 8.99. The van der Waals surface area contributed by atoms with Gasteiger partial charge in [0.2, 0.25) is 5.91 Å².